The van der Waals surface area contributed by atoms with Gasteiger partial charge >= 0.3 is 11.9 Å². The molecular weight excluding hydrogens is 520 g/mol. The molecule has 0 aromatic heterocycles. The lowest BCUT2D eigenvalue weighted by Crippen LogP contribution is -2.40. The topological polar surface area (TPSA) is 122 Å². The van der Waals surface area contributed by atoms with E-state index in [4.69, 9.17) is 0 Å². The van der Waals surface area contributed by atoms with E-state index in [1.54, 1.807) is 6.92 Å². The Labute approximate surface area is 245 Å². The zero-order chi connectivity index (χ0) is 30.4. The summed E-state index contributed by atoms with van der Waals surface area (Å²) in [5, 5.41) is 14.4. The quantitative estimate of drug-likeness (QED) is 0.0597. The fraction of sp³-hybridized carbons (Fsp3) is 0.455. The van der Waals surface area contributed by atoms with Gasteiger partial charge < -0.3 is 20.5 Å². The highest BCUT2D eigenvalue weighted by Crippen LogP contribution is 2.00. The molecule has 0 aliphatic rings. The molecular formula is C33H48N2O6. The number of allylic oxidation sites excluding steroid dienone is 12. The predicted octanol–water partition coefficient (Wildman–Crippen LogP) is 6.05. The summed E-state index contributed by atoms with van der Waals surface area (Å²) in [4.78, 5) is 46.4. The van der Waals surface area contributed by atoms with Crippen molar-refractivity contribution in [3.05, 3.63) is 85.1 Å². The van der Waals surface area contributed by atoms with Gasteiger partial charge in [-0.2, -0.15) is 0 Å². The molecule has 0 radical (unpaired) electrons. The van der Waals surface area contributed by atoms with Crippen LogP contribution in [0.2, 0.25) is 0 Å². The summed E-state index contributed by atoms with van der Waals surface area (Å²) in [5.41, 5.74) is 0. The Hall–Kier alpha value is -3.94. The lowest BCUT2D eigenvalue weighted by atomic mass is 10.1. The van der Waals surface area contributed by atoms with Crippen LogP contribution in [0.25, 0.3) is 0 Å². The van der Waals surface area contributed by atoms with Gasteiger partial charge in [0.05, 0.1) is 6.61 Å². The third kappa shape index (κ3) is 26.1. The Morgan fingerprint density at radius 3 is 1.73 bits per heavy atom. The van der Waals surface area contributed by atoms with Crippen molar-refractivity contribution >= 4 is 23.8 Å². The van der Waals surface area contributed by atoms with Crippen LogP contribution >= 0.6 is 0 Å². The van der Waals surface area contributed by atoms with E-state index in [9.17, 15) is 24.3 Å². The van der Waals surface area contributed by atoms with E-state index in [0.717, 1.165) is 50.7 Å². The number of carbonyl (C=O) groups excluding carboxylic acids is 3. The Kier molecular flexibility index (Phi) is 25.0. The molecule has 0 aromatic carbocycles. The summed E-state index contributed by atoms with van der Waals surface area (Å²) < 4.78 is 4.66. The number of nitrogens with one attached hydrogen (secondary N) is 2. The number of hydrogen-bond donors (Lipinski definition) is 3. The minimum Gasteiger partial charge on any atom is -0.480 e. The number of rotatable bonds is 23. The number of aliphatic carboxylic acids is 1. The maximum atomic E-state index is 12.0. The number of amides is 2. The van der Waals surface area contributed by atoms with Crippen molar-refractivity contribution in [2.75, 3.05) is 13.2 Å². The molecule has 0 saturated heterocycles. The van der Waals surface area contributed by atoms with Gasteiger partial charge in [0.2, 0.25) is 11.8 Å². The van der Waals surface area contributed by atoms with Crippen molar-refractivity contribution in [1.82, 2.24) is 10.6 Å². The molecule has 8 heteroatoms. The molecule has 41 heavy (non-hydrogen) atoms. The van der Waals surface area contributed by atoms with E-state index in [1.165, 1.54) is 0 Å². The Bertz CT molecular complexity index is 957. The van der Waals surface area contributed by atoms with Crippen LogP contribution in [0.1, 0.15) is 78.1 Å². The molecule has 2 amide bonds. The Morgan fingerprint density at radius 2 is 1.24 bits per heavy atom. The lowest BCUT2D eigenvalue weighted by Gasteiger charge is -2.13. The Morgan fingerprint density at radius 1 is 0.732 bits per heavy atom. The number of esters is 1. The molecule has 1 atom stereocenters. The van der Waals surface area contributed by atoms with E-state index < -0.39 is 23.9 Å². The second-order valence-corrected chi connectivity index (χ2v) is 8.93. The number of carboxylic acid groups (broad SMARTS) is 1. The largest absolute Gasteiger partial charge is 0.480 e. The first-order valence-corrected chi connectivity index (χ1v) is 14.4. The maximum Gasteiger partial charge on any atom is 0.330 e. The molecule has 0 bridgehead atoms. The van der Waals surface area contributed by atoms with Crippen molar-refractivity contribution in [1.29, 1.82) is 0 Å². The van der Waals surface area contributed by atoms with Crippen molar-refractivity contribution in [3.8, 4) is 0 Å². The normalized spacial score (nSPS) is 13.0. The molecule has 0 aliphatic heterocycles. The van der Waals surface area contributed by atoms with E-state index in [-0.39, 0.29) is 18.9 Å². The van der Waals surface area contributed by atoms with E-state index in [1.807, 2.05) is 12.2 Å². The van der Waals surface area contributed by atoms with Crippen LogP contribution in [0.5, 0.6) is 0 Å². The number of ether oxygens (including phenoxy) is 1. The van der Waals surface area contributed by atoms with Crippen LogP contribution in [0, 0.1) is 0 Å². The zero-order valence-electron chi connectivity index (χ0n) is 24.6. The van der Waals surface area contributed by atoms with Crippen LogP contribution in [-0.4, -0.2) is 48.1 Å². The SMILES string of the molecule is CC/C=C\C/C=C\C/C=C\C/C=C\C/C=C\C/C=C\CCC(=O)NCCC[C@H](NC(=O)/C=C/C(=O)OCC)C(=O)O. The fourth-order valence-electron chi connectivity index (χ4n) is 3.29. The highest BCUT2D eigenvalue weighted by atomic mass is 16.5. The van der Waals surface area contributed by atoms with Crippen molar-refractivity contribution in [3.63, 3.8) is 0 Å². The lowest BCUT2D eigenvalue weighted by molar-refractivity contribution is -0.141. The number of carbonyl (C=O) groups is 4. The summed E-state index contributed by atoms with van der Waals surface area (Å²) in [6.45, 7) is 4.25. The van der Waals surface area contributed by atoms with Crippen molar-refractivity contribution in [2.24, 2.45) is 0 Å². The van der Waals surface area contributed by atoms with Gasteiger partial charge in [-0.25, -0.2) is 9.59 Å². The summed E-state index contributed by atoms with van der Waals surface area (Å²) in [5.74, 6) is -2.68. The molecule has 0 aromatic rings. The first-order chi connectivity index (χ1) is 19.9. The van der Waals surface area contributed by atoms with E-state index >= 15 is 0 Å². The van der Waals surface area contributed by atoms with Gasteiger partial charge in [0, 0.05) is 25.1 Å². The number of carboxylic acids is 1. The molecule has 226 valence electrons. The molecule has 0 fully saturated rings. The van der Waals surface area contributed by atoms with Gasteiger partial charge in [-0.05, 0) is 64.7 Å². The second kappa shape index (κ2) is 27.6. The van der Waals surface area contributed by atoms with E-state index in [0.29, 0.717) is 25.8 Å². The Balaban J connectivity index is 3.91. The smallest absolute Gasteiger partial charge is 0.330 e. The van der Waals surface area contributed by atoms with Crippen LogP contribution < -0.4 is 10.6 Å². The van der Waals surface area contributed by atoms with Crippen molar-refractivity contribution in [2.45, 2.75) is 84.1 Å². The summed E-state index contributed by atoms with van der Waals surface area (Å²) >= 11 is 0. The van der Waals surface area contributed by atoms with Crippen molar-refractivity contribution < 1.29 is 29.0 Å². The summed E-state index contributed by atoms with van der Waals surface area (Å²) in [6.07, 6.45) is 34.7. The standard InChI is InChI=1S/C33H48N2O6/c1-3-5-6-7-8-9-10-11-12-13-14-15-16-17-18-19-20-21-22-25-30(36)34-28-23-24-29(33(39)40)35-31(37)26-27-32(38)41-4-2/h5-6,8-9,11-12,14-15,17-18,20-21,26-27,29H,3-4,7,10,13,16,19,22-25,28H2,1-2H3,(H,34,36)(H,35,37)(H,39,40)/b6-5-,9-8-,12-11-,15-14-,18-17-,21-20-,27-26+/t29-/m0/s1. The molecule has 0 unspecified atom stereocenters. The molecule has 0 heterocycles. The molecule has 0 saturated carbocycles. The minimum absolute atomic E-state index is 0.113. The second-order valence-electron chi connectivity index (χ2n) is 8.93. The van der Waals surface area contributed by atoms with Gasteiger partial charge in [0.15, 0.2) is 0 Å². The van der Waals surface area contributed by atoms with Gasteiger partial charge in [-0.15, -0.1) is 0 Å². The van der Waals surface area contributed by atoms with Gasteiger partial charge in [0.1, 0.15) is 6.04 Å². The van der Waals surface area contributed by atoms with Gasteiger partial charge in [-0.1, -0.05) is 79.8 Å². The summed E-state index contributed by atoms with van der Waals surface area (Å²) in [6, 6.07) is -1.12. The average molecular weight is 569 g/mol. The van der Waals surface area contributed by atoms with E-state index in [2.05, 4.69) is 83.1 Å². The molecule has 0 spiro atoms. The third-order valence-electron chi connectivity index (χ3n) is 5.40. The monoisotopic (exact) mass is 568 g/mol. The molecule has 0 rings (SSSR count). The number of hydrogen-bond acceptors (Lipinski definition) is 5. The van der Waals surface area contributed by atoms with Crippen LogP contribution in [0.3, 0.4) is 0 Å². The molecule has 8 nitrogen and oxygen atoms in total. The third-order valence-corrected chi connectivity index (χ3v) is 5.40. The summed E-state index contributed by atoms with van der Waals surface area (Å²) in [7, 11) is 0. The maximum absolute atomic E-state index is 12.0. The van der Waals surface area contributed by atoms with Crippen LogP contribution in [0.4, 0.5) is 0 Å². The zero-order valence-corrected chi connectivity index (χ0v) is 24.6. The first kappa shape index (κ1) is 37.1. The highest BCUT2D eigenvalue weighted by Gasteiger charge is 2.18. The fourth-order valence-corrected chi connectivity index (χ4v) is 3.29. The first-order valence-electron chi connectivity index (χ1n) is 14.4. The minimum atomic E-state index is -1.19. The van der Waals surface area contributed by atoms with Crippen LogP contribution in [-0.2, 0) is 23.9 Å². The van der Waals surface area contributed by atoms with Gasteiger partial charge in [-0.3, -0.25) is 9.59 Å². The average Bonchev–Trinajstić information content (AvgIpc) is 2.94. The van der Waals surface area contributed by atoms with Gasteiger partial charge in [0.25, 0.3) is 0 Å². The molecule has 0 aliphatic carbocycles. The van der Waals surface area contributed by atoms with Crippen LogP contribution in [0.15, 0.2) is 85.1 Å². The molecule has 3 N–H and O–H groups in total. The highest BCUT2D eigenvalue weighted by molar-refractivity contribution is 5.96. The predicted molar refractivity (Wildman–Crippen MR) is 165 cm³/mol.